The molecule has 0 bridgehead atoms. The van der Waals surface area contributed by atoms with E-state index in [-0.39, 0.29) is 11.7 Å². The van der Waals surface area contributed by atoms with Gasteiger partial charge in [-0.3, -0.25) is 4.79 Å². The number of hydrogen-bond acceptors (Lipinski definition) is 2. The first-order valence-corrected chi connectivity index (χ1v) is 8.84. The summed E-state index contributed by atoms with van der Waals surface area (Å²) in [5.41, 5.74) is 6.88. The largest absolute Gasteiger partial charge is 0.358 e. The number of aryl methyl sites for hydroxylation is 1. The van der Waals surface area contributed by atoms with Gasteiger partial charge in [-0.2, -0.15) is 0 Å². The van der Waals surface area contributed by atoms with E-state index < -0.39 is 0 Å². The number of Topliss-reactive ketones (excluding diaryl/α,β-unsaturated/α-hetero) is 1. The minimum absolute atomic E-state index is 0.0212. The highest BCUT2D eigenvalue weighted by Gasteiger charge is 2.37. The van der Waals surface area contributed by atoms with E-state index in [9.17, 15) is 4.79 Å². The second-order valence-electron chi connectivity index (χ2n) is 7.03. The van der Waals surface area contributed by atoms with Crippen molar-refractivity contribution in [3.8, 4) is 0 Å². The Labute approximate surface area is 147 Å². The molecule has 1 heterocycles. The molecule has 3 aromatic rings. The fourth-order valence-corrected chi connectivity index (χ4v) is 4.26. The molecule has 0 unspecified atom stereocenters. The molecular formula is C23H19NO. The van der Waals surface area contributed by atoms with Gasteiger partial charge in [0.2, 0.25) is 0 Å². The van der Waals surface area contributed by atoms with Crippen LogP contribution >= 0.6 is 0 Å². The maximum Gasteiger partial charge on any atom is 0.161 e. The Morgan fingerprint density at radius 2 is 1.72 bits per heavy atom. The number of fused-ring (bicyclic) bond motifs is 3. The molecule has 122 valence electrons. The van der Waals surface area contributed by atoms with E-state index in [0.29, 0.717) is 6.42 Å². The molecular weight excluding hydrogens is 306 g/mol. The van der Waals surface area contributed by atoms with Crippen molar-refractivity contribution in [2.24, 2.45) is 0 Å². The monoisotopic (exact) mass is 325 g/mol. The maximum absolute atomic E-state index is 12.7. The zero-order valence-electron chi connectivity index (χ0n) is 14.2. The fraction of sp³-hybridized carbons (Fsp3) is 0.174. The average Bonchev–Trinajstić information content (AvgIpc) is 3.01. The van der Waals surface area contributed by atoms with Crippen molar-refractivity contribution in [1.82, 2.24) is 0 Å². The first-order valence-electron chi connectivity index (χ1n) is 8.84. The summed E-state index contributed by atoms with van der Waals surface area (Å²) >= 11 is 0. The van der Waals surface area contributed by atoms with Crippen LogP contribution in [0.4, 0.5) is 5.69 Å². The van der Waals surface area contributed by atoms with Crippen LogP contribution in [0.3, 0.4) is 0 Å². The highest BCUT2D eigenvalue weighted by atomic mass is 16.1. The highest BCUT2D eigenvalue weighted by Crippen LogP contribution is 2.48. The number of benzene rings is 3. The van der Waals surface area contributed by atoms with Gasteiger partial charge in [-0.1, -0.05) is 60.2 Å². The molecule has 1 N–H and O–H groups in total. The molecule has 1 aliphatic carbocycles. The molecule has 1 aliphatic heterocycles. The number of carbonyl (C=O) groups is 1. The second-order valence-corrected chi connectivity index (χ2v) is 7.03. The predicted molar refractivity (Wildman–Crippen MR) is 102 cm³/mol. The lowest BCUT2D eigenvalue weighted by atomic mass is 9.78. The van der Waals surface area contributed by atoms with E-state index in [1.165, 1.54) is 27.5 Å². The molecule has 2 nitrogen and oxygen atoms in total. The van der Waals surface area contributed by atoms with Crippen LogP contribution in [-0.4, -0.2) is 5.78 Å². The van der Waals surface area contributed by atoms with Crippen molar-refractivity contribution in [3.63, 3.8) is 0 Å². The molecule has 1 atom stereocenters. The molecule has 5 rings (SSSR count). The Morgan fingerprint density at radius 1 is 0.920 bits per heavy atom. The van der Waals surface area contributed by atoms with Crippen molar-refractivity contribution in [2.45, 2.75) is 25.7 Å². The summed E-state index contributed by atoms with van der Waals surface area (Å²) in [5.74, 6) is 0.305. The Balaban J connectivity index is 1.83. The van der Waals surface area contributed by atoms with Crippen molar-refractivity contribution >= 4 is 22.2 Å². The molecule has 0 radical (unpaired) electrons. The fourth-order valence-electron chi connectivity index (χ4n) is 4.26. The molecule has 2 heteroatoms. The first-order chi connectivity index (χ1) is 12.2. The van der Waals surface area contributed by atoms with Gasteiger partial charge in [-0.25, -0.2) is 0 Å². The van der Waals surface area contributed by atoms with Gasteiger partial charge in [0.05, 0.1) is 0 Å². The van der Waals surface area contributed by atoms with Gasteiger partial charge >= 0.3 is 0 Å². The van der Waals surface area contributed by atoms with Gasteiger partial charge < -0.3 is 5.32 Å². The lowest BCUT2D eigenvalue weighted by Gasteiger charge is -2.30. The molecule has 0 fully saturated rings. The van der Waals surface area contributed by atoms with Gasteiger partial charge in [-0.15, -0.1) is 0 Å². The summed E-state index contributed by atoms with van der Waals surface area (Å²) in [5, 5.41) is 5.99. The van der Waals surface area contributed by atoms with Gasteiger partial charge in [0, 0.05) is 29.3 Å². The summed E-state index contributed by atoms with van der Waals surface area (Å²) in [7, 11) is 0. The van der Waals surface area contributed by atoms with Crippen LogP contribution in [0.25, 0.3) is 10.8 Å². The number of anilines is 1. The van der Waals surface area contributed by atoms with Crippen molar-refractivity contribution < 1.29 is 4.79 Å². The zero-order chi connectivity index (χ0) is 17.0. The summed E-state index contributed by atoms with van der Waals surface area (Å²) < 4.78 is 0. The van der Waals surface area contributed by atoms with E-state index in [0.717, 1.165) is 23.4 Å². The van der Waals surface area contributed by atoms with Crippen LogP contribution in [0, 0.1) is 6.92 Å². The van der Waals surface area contributed by atoms with E-state index in [2.05, 4.69) is 72.9 Å². The third kappa shape index (κ3) is 2.14. The molecule has 0 amide bonds. The summed E-state index contributed by atoms with van der Waals surface area (Å²) in [6.45, 7) is 2.10. The Morgan fingerprint density at radius 3 is 2.56 bits per heavy atom. The van der Waals surface area contributed by atoms with Gasteiger partial charge in [0.15, 0.2) is 5.78 Å². The summed E-state index contributed by atoms with van der Waals surface area (Å²) in [6, 6.07) is 21.4. The quantitative estimate of drug-likeness (QED) is 0.656. The third-order valence-electron chi connectivity index (χ3n) is 5.47. The Hall–Kier alpha value is -2.87. The Kier molecular flexibility index (Phi) is 3.08. The van der Waals surface area contributed by atoms with Crippen LogP contribution in [0.2, 0.25) is 0 Å². The minimum Gasteiger partial charge on any atom is -0.358 e. The van der Waals surface area contributed by atoms with Gasteiger partial charge in [0.1, 0.15) is 0 Å². The lowest BCUT2D eigenvalue weighted by molar-refractivity contribution is -0.115. The van der Waals surface area contributed by atoms with E-state index in [4.69, 9.17) is 0 Å². The van der Waals surface area contributed by atoms with E-state index in [1.807, 2.05) is 0 Å². The highest BCUT2D eigenvalue weighted by molar-refractivity contribution is 6.05. The van der Waals surface area contributed by atoms with Crippen LogP contribution in [0.1, 0.15) is 35.4 Å². The standard InChI is InChI=1S/C23H19NO/c1-14-6-8-16(9-7-14)21-22-17-5-3-2-4-15(17)10-11-18(22)24-19-12-13-20(25)23(19)21/h2-11,21,24H,12-13H2,1H3/t21-/m1/s1. The number of rotatable bonds is 1. The topological polar surface area (TPSA) is 29.1 Å². The summed E-state index contributed by atoms with van der Waals surface area (Å²) in [4.78, 5) is 12.7. The molecule has 3 aromatic carbocycles. The van der Waals surface area contributed by atoms with Crippen LogP contribution in [0.5, 0.6) is 0 Å². The van der Waals surface area contributed by atoms with Gasteiger partial charge in [0.25, 0.3) is 0 Å². The van der Waals surface area contributed by atoms with Crippen LogP contribution in [-0.2, 0) is 4.79 Å². The zero-order valence-corrected chi connectivity index (χ0v) is 14.2. The normalized spacial score (nSPS) is 18.9. The molecule has 0 spiro atoms. The second kappa shape index (κ2) is 5.32. The molecule has 25 heavy (non-hydrogen) atoms. The Bertz CT molecular complexity index is 1040. The molecule has 0 aromatic heterocycles. The number of nitrogens with one attached hydrogen (secondary N) is 1. The molecule has 0 saturated carbocycles. The number of carbonyl (C=O) groups excluding carboxylic acids is 1. The van der Waals surface area contributed by atoms with Crippen LogP contribution in [0.15, 0.2) is 71.9 Å². The van der Waals surface area contributed by atoms with E-state index >= 15 is 0 Å². The molecule has 2 aliphatic rings. The predicted octanol–water partition coefficient (Wildman–Crippen LogP) is 5.32. The number of ketones is 1. The lowest BCUT2D eigenvalue weighted by Crippen LogP contribution is -2.19. The number of hydrogen-bond donors (Lipinski definition) is 1. The first kappa shape index (κ1) is 14.5. The van der Waals surface area contributed by atoms with Crippen molar-refractivity contribution in [2.75, 3.05) is 5.32 Å². The van der Waals surface area contributed by atoms with E-state index in [1.54, 1.807) is 0 Å². The SMILES string of the molecule is Cc1ccc([C@H]2C3=C(CCC3=O)Nc3ccc4ccccc4c32)cc1. The number of allylic oxidation sites excluding steroid dienone is 2. The van der Waals surface area contributed by atoms with Gasteiger partial charge in [-0.05, 0) is 41.3 Å². The maximum atomic E-state index is 12.7. The summed E-state index contributed by atoms with van der Waals surface area (Å²) in [6.07, 6.45) is 1.44. The van der Waals surface area contributed by atoms with Crippen molar-refractivity contribution in [3.05, 3.63) is 88.6 Å². The third-order valence-corrected chi connectivity index (χ3v) is 5.47. The smallest absolute Gasteiger partial charge is 0.161 e. The molecule has 0 saturated heterocycles. The average molecular weight is 325 g/mol. The van der Waals surface area contributed by atoms with Crippen LogP contribution < -0.4 is 5.32 Å². The minimum atomic E-state index is 0.0212. The van der Waals surface area contributed by atoms with Crippen molar-refractivity contribution in [1.29, 1.82) is 0 Å².